The average Bonchev–Trinajstić information content (AvgIpc) is 3.58. The van der Waals surface area contributed by atoms with E-state index in [1.165, 1.54) is 6.92 Å². The van der Waals surface area contributed by atoms with Crippen LogP contribution in [0.5, 0.6) is 0 Å². The summed E-state index contributed by atoms with van der Waals surface area (Å²) in [5.74, 6) is -10.8. The van der Waals surface area contributed by atoms with Gasteiger partial charge in [-0.25, -0.2) is 9.37 Å². The van der Waals surface area contributed by atoms with Crippen LogP contribution in [0.4, 0.5) is 22.0 Å². The lowest BCUT2D eigenvalue weighted by molar-refractivity contribution is -0.323. The molecule has 4 aliphatic rings. The number of carbonyl (C=O) groups is 2. The summed E-state index contributed by atoms with van der Waals surface area (Å²) in [4.78, 5) is 29.0. The molecule has 4 aliphatic carbocycles. The second-order valence-corrected chi connectivity index (χ2v) is 14.0. The Morgan fingerprint density at radius 1 is 1.15 bits per heavy atom. The van der Waals surface area contributed by atoms with Crippen LogP contribution in [0.3, 0.4) is 0 Å². The maximum absolute atomic E-state index is 15.6. The predicted molar refractivity (Wildman–Crippen MR) is 164 cm³/mol. The number of hydrogen-bond acceptors (Lipinski definition) is 5. The zero-order chi connectivity index (χ0) is 33.9. The summed E-state index contributed by atoms with van der Waals surface area (Å²) < 4.78 is 81.2. The largest absolute Gasteiger partial charge is 0.458 e. The number of halogens is 5. The highest BCUT2D eigenvalue weighted by atomic mass is 19.3. The number of carbonyl (C=O) groups excluding carboxylic acids is 2. The number of fused-ring (bicyclic) bond motifs is 4. The first-order valence-corrected chi connectivity index (χ1v) is 16.4. The normalized spacial score (nSPS) is 29.9. The number of imidazole rings is 1. The van der Waals surface area contributed by atoms with E-state index in [1.807, 2.05) is 23.6 Å². The number of aromatic nitrogens is 2. The van der Waals surface area contributed by atoms with E-state index in [9.17, 15) is 27.9 Å². The second-order valence-electron chi connectivity index (χ2n) is 14.0. The maximum Gasteiger partial charge on any atom is 0.341 e. The molecule has 0 aliphatic heterocycles. The van der Waals surface area contributed by atoms with Gasteiger partial charge in [0.15, 0.2) is 12.5 Å². The fourth-order valence-corrected chi connectivity index (χ4v) is 9.04. The molecule has 6 rings (SSSR count). The van der Waals surface area contributed by atoms with Crippen molar-refractivity contribution in [3.63, 3.8) is 0 Å². The average molecular weight is 661 g/mol. The highest BCUT2D eigenvalue weighted by molar-refractivity contribution is 5.93. The smallest absolute Gasteiger partial charge is 0.341 e. The summed E-state index contributed by atoms with van der Waals surface area (Å²) in [7, 11) is 0. The lowest BCUT2D eigenvalue weighted by Gasteiger charge is -2.56. The van der Waals surface area contributed by atoms with Gasteiger partial charge < -0.3 is 14.4 Å². The second kappa shape index (κ2) is 12.0. The van der Waals surface area contributed by atoms with Gasteiger partial charge in [-0.2, -0.15) is 17.6 Å². The first kappa shape index (κ1) is 33.6. The monoisotopic (exact) mass is 660 g/mol. The van der Waals surface area contributed by atoms with Crippen LogP contribution in [-0.4, -0.2) is 50.5 Å². The van der Waals surface area contributed by atoms with Crippen molar-refractivity contribution in [1.82, 2.24) is 9.55 Å². The molecule has 1 N–H and O–H groups in total. The summed E-state index contributed by atoms with van der Waals surface area (Å²) in [5.41, 5.74) is -0.294. The molecule has 2 saturated carbocycles. The fraction of sp³-hybridized carbons (Fsp3) is 0.583. The Hall–Kier alpha value is -3.34. The van der Waals surface area contributed by atoms with Crippen molar-refractivity contribution < 1.29 is 41.4 Å². The van der Waals surface area contributed by atoms with Crippen molar-refractivity contribution >= 4 is 11.8 Å². The number of alkyl halides is 5. The maximum atomic E-state index is 15.6. The van der Waals surface area contributed by atoms with Crippen LogP contribution in [0.15, 0.2) is 59.5 Å². The highest BCUT2D eigenvalue weighted by Gasteiger charge is 2.78. The van der Waals surface area contributed by atoms with Crippen molar-refractivity contribution in [3.05, 3.63) is 76.4 Å². The molecule has 3 unspecified atom stereocenters. The van der Waals surface area contributed by atoms with Crippen molar-refractivity contribution in [1.29, 1.82) is 0 Å². The topological polar surface area (TPSA) is 81.4 Å². The Balaban J connectivity index is 1.32. The molecule has 6 nitrogen and oxygen atoms in total. The zero-order valence-corrected chi connectivity index (χ0v) is 26.9. The molecule has 0 radical (unpaired) electrons. The minimum atomic E-state index is -5.02. The number of benzene rings is 1. The van der Waals surface area contributed by atoms with Gasteiger partial charge in [-0.15, -0.1) is 0 Å². The summed E-state index contributed by atoms with van der Waals surface area (Å²) in [5, 5.41) is 11.7. The standard InChI is InChI=1S/C36H41F5N2O4/c1-21(47-31(45)13-16-43-17-15-42-22(43)2)23-4-6-24(7-5-23)29-19-33(3)30(12-14-34(33,46)36(40,41)35(38,39)20-37)28-10-8-25-18-26(44)9-11-27(25)32(28)29/h4-7,15,17-18,21,28-30,46H,8-14,16,19-20H2,1-3H3/t21?,28?,29-,30?,33+,34+/m1/s1. The van der Waals surface area contributed by atoms with E-state index in [0.717, 1.165) is 28.1 Å². The Morgan fingerprint density at radius 3 is 2.53 bits per heavy atom. The summed E-state index contributed by atoms with van der Waals surface area (Å²) in [6.07, 6.45) is 6.16. The molecular weight excluding hydrogens is 619 g/mol. The van der Waals surface area contributed by atoms with Gasteiger partial charge in [0.1, 0.15) is 17.5 Å². The molecule has 0 bridgehead atoms. The molecule has 2 fully saturated rings. The quantitative estimate of drug-likeness (QED) is 0.220. The van der Waals surface area contributed by atoms with Crippen LogP contribution < -0.4 is 0 Å². The number of allylic oxidation sites excluding steroid dienone is 4. The predicted octanol–water partition coefficient (Wildman–Crippen LogP) is 7.76. The van der Waals surface area contributed by atoms with Crippen molar-refractivity contribution in [2.45, 2.75) is 108 Å². The number of rotatable bonds is 9. The number of aryl methyl sites for hydroxylation is 2. The third-order valence-corrected chi connectivity index (χ3v) is 11.6. The van der Waals surface area contributed by atoms with Crippen LogP contribution >= 0.6 is 0 Å². The third-order valence-electron chi connectivity index (χ3n) is 11.6. The van der Waals surface area contributed by atoms with Gasteiger partial charge in [0.2, 0.25) is 0 Å². The lowest BCUT2D eigenvalue weighted by Crippen LogP contribution is -2.66. The van der Waals surface area contributed by atoms with Crippen molar-refractivity contribution in [3.8, 4) is 0 Å². The van der Waals surface area contributed by atoms with Crippen molar-refractivity contribution in [2.24, 2.45) is 17.3 Å². The zero-order valence-electron chi connectivity index (χ0n) is 26.9. The van der Waals surface area contributed by atoms with Gasteiger partial charge >= 0.3 is 17.8 Å². The van der Waals surface area contributed by atoms with Crippen LogP contribution in [0.25, 0.3) is 0 Å². The molecule has 1 heterocycles. The molecule has 6 atom stereocenters. The van der Waals surface area contributed by atoms with Gasteiger partial charge in [-0.3, -0.25) is 9.59 Å². The Labute approximate surface area is 271 Å². The molecule has 2 aromatic rings. The molecule has 1 aromatic carbocycles. The number of nitrogens with zero attached hydrogens (tertiary/aromatic N) is 2. The molecule has 254 valence electrons. The van der Waals surface area contributed by atoms with Crippen LogP contribution in [-0.2, 0) is 20.9 Å². The summed E-state index contributed by atoms with van der Waals surface area (Å²) in [6.45, 7) is 2.93. The van der Waals surface area contributed by atoms with E-state index in [-0.39, 0.29) is 36.9 Å². The molecule has 0 amide bonds. The van der Waals surface area contributed by atoms with E-state index in [0.29, 0.717) is 37.8 Å². The highest BCUT2D eigenvalue weighted by Crippen LogP contribution is 2.70. The minimum Gasteiger partial charge on any atom is -0.458 e. The third kappa shape index (κ3) is 5.36. The summed E-state index contributed by atoms with van der Waals surface area (Å²) in [6, 6.07) is 7.28. The van der Waals surface area contributed by atoms with E-state index in [2.05, 4.69) is 4.98 Å². The lowest BCUT2D eigenvalue weighted by atomic mass is 9.50. The Bertz CT molecular complexity index is 1610. The number of ketones is 1. The number of ether oxygens (including phenoxy) is 1. The van der Waals surface area contributed by atoms with E-state index in [4.69, 9.17) is 4.74 Å². The van der Waals surface area contributed by atoms with Crippen LogP contribution in [0.2, 0.25) is 0 Å². The first-order valence-electron chi connectivity index (χ1n) is 16.4. The van der Waals surface area contributed by atoms with Gasteiger partial charge in [0.25, 0.3) is 0 Å². The number of hydrogen-bond donors (Lipinski definition) is 1. The van der Waals surface area contributed by atoms with Crippen LogP contribution in [0.1, 0.15) is 94.2 Å². The van der Waals surface area contributed by atoms with Gasteiger partial charge in [-0.05, 0) is 92.6 Å². The number of esters is 1. The Kier molecular flexibility index (Phi) is 8.54. The van der Waals surface area contributed by atoms with E-state index in [1.54, 1.807) is 37.5 Å². The van der Waals surface area contributed by atoms with Gasteiger partial charge in [0, 0.05) is 36.7 Å². The van der Waals surface area contributed by atoms with E-state index >= 15 is 8.78 Å². The Morgan fingerprint density at radius 2 is 1.87 bits per heavy atom. The molecule has 0 spiro atoms. The molecular formula is C36H41F5N2O4. The molecule has 1 aromatic heterocycles. The van der Waals surface area contributed by atoms with E-state index < -0.39 is 53.9 Å². The van der Waals surface area contributed by atoms with Crippen molar-refractivity contribution in [2.75, 3.05) is 6.67 Å². The molecule has 11 heteroatoms. The number of aliphatic hydroxyl groups is 1. The minimum absolute atomic E-state index is 0.0383. The molecule has 0 saturated heterocycles. The van der Waals surface area contributed by atoms with Gasteiger partial charge in [-0.1, -0.05) is 36.8 Å². The summed E-state index contributed by atoms with van der Waals surface area (Å²) >= 11 is 0. The van der Waals surface area contributed by atoms with Gasteiger partial charge in [0.05, 0.1) is 6.42 Å². The SMILES string of the molecule is Cc1nccn1CCC(=O)OC(C)c1ccc([C@H]2C[C@@]3(C)C(CC[C@@]3(O)C(F)(F)C(F)(F)CF)C3CCC4=CC(=O)CCC4=C32)cc1. The van der Waals surface area contributed by atoms with Crippen LogP contribution in [0, 0.1) is 24.2 Å². The molecule has 47 heavy (non-hydrogen) atoms. The first-order chi connectivity index (χ1) is 22.1. The fourth-order valence-electron chi connectivity index (χ4n) is 9.04.